The molecule has 0 bridgehead atoms. The molecule has 3 aliphatic carbocycles. The Balaban J connectivity index is 1.37. The third-order valence-electron chi connectivity index (χ3n) is 7.38. The topological polar surface area (TPSA) is 17.1 Å². The summed E-state index contributed by atoms with van der Waals surface area (Å²) in [6, 6.07) is 0. The molecule has 3 fully saturated rings. The molecule has 0 radical (unpaired) electrons. The lowest BCUT2D eigenvalue weighted by Crippen LogP contribution is -2.29. The molecule has 22 heavy (non-hydrogen) atoms. The van der Waals surface area contributed by atoms with Gasteiger partial charge in [-0.25, -0.2) is 0 Å². The molecule has 0 atom stereocenters. The van der Waals surface area contributed by atoms with Gasteiger partial charge in [0.05, 0.1) is 0 Å². The highest BCUT2D eigenvalue weighted by molar-refractivity contribution is 5.49. The first-order valence-electron chi connectivity index (χ1n) is 10.3. The molecular weight excluding hydrogens is 268 g/mol. The average molecular weight is 305 g/mol. The molecule has 3 saturated carbocycles. The second-order valence-electron chi connectivity index (χ2n) is 8.60. The van der Waals surface area contributed by atoms with Gasteiger partial charge in [-0.2, -0.15) is 0 Å². The van der Waals surface area contributed by atoms with Crippen LogP contribution in [-0.4, -0.2) is 6.29 Å². The van der Waals surface area contributed by atoms with Crippen LogP contribution >= 0.6 is 0 Å². The fraction of sp³-hybridized carbons (Fsp3) is 0.952. The van der Waals surface area contributed by atoms with E-state index in [1.807, 2.05) is 0 Å². The molecule has 0 aromatic rings. The van der Waals surface area contributed by atoms with Crippen LogP contribution < -0.4 is 0 Å². The highest BCUT2D eigenvalue weighted by Gasteiger charge is 2.33. The van der Waals surface area contributed by atoms with Gasteiger partial charge in [0.1, 0.15) is 6.29 Å². The molecule has 0 spiro atoms. The smallest absolute Gasteiger partial charge is 0.120 e. The lowest BCUT2D eigenvalue weighted by molar-refractivity contribution is -0.108. The minimum absolute atomic E-state index is 0.793. The van der Waals surface area contributed by atoms with Crippen LogP contribution in [0.2, 0.25) is 0 Å². The van der Waals surface area contributed by atoms with Crippen molar-refractivity contribution < 1.29 is 4.79 Å². The normalized spacial score (nSPS) is 37.8. The van der Waals surface area contributed by atoms with E-state index >= 15 is 0 Å². The van der Waals surface area contributed by atoms with Crippen molar-refractivity contribution in [2.24, 2.45) is 29.6 Å². The van der Waals surface area contributed by atoms with Gasteiger partial charge < -0.3 is 4.79 Å². The Kier molecular flexibility index (Phi) is 6.39. The average Bonchev–Trinajstić information content (AvgIpc) is 2.61. The molecule has 3 rings (SSSR count). The van der Waals surface area contributed by atoms with E-state index in [0.717, 1.165) is 48.7 Å². The molecule has 0 aromatic heterocycles. The molecule has 3 aliphatic rings. The fourth-order valence-electron chi connectivity index (χ4n) is 5.95. The summed E-state index contributed by atoms with van der Waals surface area (Å²) in [5, 5.41) is 0. The van der Waals surface area contributed by atoms with Gasteiger partial charge in [0.15, 0.2) is 0 Å². The molecule has 1 heteroatoms. The third kappa shape index (κ3) is 4.36. The standard InChI is InChI=1S/C21H36O/c22-16-4-5-17-8-10-19(11-9-17)21-14-12-20(13-15-21)18-6-2-1-3-7-18/h16-21H,1-15H2. The largest absolute Gasteiger partial charge is 0.303 e. The third-order valence-corrected chi connectivity index (χ3v) is 7.38. The van der Waals surface area contributed by atoms with E-state index in [-0.39, 0.29) is 0 Å². The fourth-order valence-corrected chi connectivity index (χ4v) is 5.95. The maximum Gasteiger partial charge on any atom is 0.120 e. The van der Waals surface area contributed by atoms with E-state index in [2.05, 4.69) is 0 Å². The van der Waals surface area contributed by atoms with Crippen LogP contribution in [0.25, 0.3) is 0 Å². The predicted octanol–water partition coefficient (Wildman–Crippen LogP) is 6.16. The first-order valence-corrected chi connectivity index (χ1v) is 10.3. The summed E-state index contributed by atoms with van der Waals surface area (Å²) >= 11 is 0. The Hall–Kier alpha value is -0.330. The van der Waals surface area contributed by atoms with Crippen molar-refractivity contribution in [3.8, 4) is 0 Å². The van der Waals surface area contributed by atoms with Crippen LogP contribution in [0.3, 0.4) is 0 Å². The number of hydrogen-bond acceptors (Lipinski definition) is 1. The molecule has 1 nitrogen and oxygen atoms in total. The van der Waals surface area contributed by atoms with Crippen molar-refractivity contribution in [2.45, 2.75) is 96.3 Å². The Morgan fingerprint density at radius 2 is 1.05 bits per heavy atom. The van der Waals surface area contributed by atoms with Crippen LogP contribution in [0.4, 0.5) is 0 Å². The van der Waals surface area contributed by atoms with Crippen molar-refractivity contribution in [3.63, 3.8) is 0 Å². The number of carbonyl (C=O) groups excluding carboxylic acids is 1. The second kappa shape index (κ2) is 8.50. The first kappa shape index (κ1) is 16.5. The SMILES string of the molecule is O=CCCC1CCC(C2CCC(C3CCCCC3)CC2)CC1. The zero-order valence-electron chi connectivity index (χ0n) is 14.5. The Labute approximate surface area is 137 Å². The van der Waals surface area contributed by atoms with Gasteiger partial charge in [0, 0.05) is 6.42 Å². The Bertz CT molecular complexity index is 315. The van der Waals surface area contributed by atoms with Crippen LogP contribution in [0.1, 0.15) is 96.3 Å². The molecule has 0 saturated heterocycles. The number of rotatable bonds is 5. The molecule has 0 N–H and O–H groups in total. The maximum absolute atomic E-state index is 10.5. The van der Waals surface area contributed by atoms with Gasteiger partial charge in [-0.3, -0.25) is 0 Å². The Morgan fingerprint density at radius 1 is 0.591 bits per heavy atom. The van der Waals surface area contributed by atoms with E-state index in [0.29, 0.717) is 0 Å². The van der Waals surface area contributed by atoms with Gasteiger partial charge in [-0.1, -0.05) is 44.9 Å². The number of carbonyl (C=O) groups is 1. The molecule has 0 amide bonds. The quantitative estimate of drug-likeness (QED) is 0.556. The minimum atomic E-state index is 0.793. The summed E-state index contributed by atoms with van der Waals surface area (Å²) in [6.45, 7) is 0. The number of hydrogen-bond donors (Lipinski definition) is 0. The van der Waals surface area contributed by atoms with E-state index in [9.17, 15) is 4.79 Å². The summed E-state index contributed by atoms with van der Waals surface area (Å²) in [6.07, 6.45) is 22.5. The summed E-state index contributed by atoms with van der Waals surface area (Å²) in [5.41, 5.74) is 0. The lowest BCUT2D eigenvalue weighted by atomic mass is 9.65. The minimum Gasteiger partial charge on any atom is -0.303 e. The van der Waals surface area contributed by atoms with E-state index in [1.54, 1.807) is 12.8 Å². The Morgan fingerprint density at radius 3 is 1.55 bits per heavy atom. The summed E-state index contributed by atoms with van der Waals surface area (Å²) in [4.78, 5) is 10.5. The van der Waals surface area contributed by atoms with Crippen LogP contribution in [-0.2, 0) is 4.79 Å². The zero-order valence-corrected chi connectivity index (χ0v) is 14.5. The van der Waals surface area contributed by atoms with Crippen molar-refractivity contribution in [1.29, 1.82) is 0 Å². The van der Waals surface area contributed by atoms with Crippen molar-refractivity contribution in [3.05, 3.63) is 0 Å². The lowest BCUT2D eigenvalue weighted by Gasteiger charge is -2.40. The molecule has 0 unspecified atom stereocenters. The van der Waals surface area contributed by atoms with Gasteiger partial charge in [-0.05, 0) is 74.5 Å². The van der Waals surface area contributed by atoms with Gasteiger partial charge in [0.2, 0.25) is 0 Å². The van der Waals surface area contributed by atoms with Gasteiger partial charge in [-0.15, -0.1) is 0 Å². The van der Waals surface area contributed by atoms with Crippen molar-refractivity contribution >= 4 is 6.29 Å². The van der Waals surface area contributed by atoms with Crippen LogP contribution in [0.5, 0.6) is 0 Å². The van der Waals surface area contributed by atoms with Gasteiger partial charge >= 0.3 is 0 Å². The predicted molar refractivity (Wildman–Crippen MR) is 92.8 cm³/mol. The summed E-state index contributed by atoms with van der Waals surface area (Å²) in [7, 11) is 0. The summed E-state index contributed by atoms with van der Waals surface area (Å²) < 4.78 is 0. The molecule has 0 aliphatic heterocycles. The summed E-state index contributed by atoms with van der Waals surface area (Å²) in [5.74, 6) is 5.11. The maximum atomic E-state index is 10.5. The van der Waals surface area contributed by atoms with Crippen molar-refractivity contribution in [1.82, 2.24) is 0 Å². The first-order chi connectivity index (χ1) is 10.9. The zero-order chi connectivity index (χ0) is 15.2. The van der Waals surface area contributed by atoms with E-state index in [1.165, 1.54) is 70.6 Å². The molecule has 126 valence electrons. The number of aldehydes is 1. The highest BCUT2D eigenvalue weighted by Crippen LogP contribution is 2.45. The van der Waals surface area contributed by atoms with Gasteiger partial charge in [0.25, 0.3) is 0 Å². The van der Waals surface area contributed by atoms with E-state index < -0.39 is 0 Å². The monoisotopic (exact) mass is 304 g/mol. The molecule has 0 heterocycles. The van der Waals surface area contributed by atoms with Crippen molar-refractivity contribution in [2.75, 3.05) is 0 Å². The second-order valence-corrected chi connectivity index (χ2v) is 8.60. The molecule has 0 aromatic carbocycles. The molecular formula is C21H36O. The van der Waals surface area contributed by atoms with E-state index in [4.69, 9.17) is 0 Å². The van der Waals surface area contributed by atoms with Crippen LogP contribution in [0, 0.1) is 29.6 Å². The van der Waals surface area contributed by atoms with Crippen LogP contribution in [0.15, 0.2) is 0 Å². The highest BCUT2D eigenvalue weighted by atomic mass is 16.1.